The molecule has 5 heteroatoms. The zero-order chi connectivity index (χ0) is 22.8. The van der Waals surface area contributed by atoms with Gasteiger partial charge in [-0.2, -0.15) is 0 Å². The van der Waals surface area contributed by atoms with E-state index in [1.165, 1.54) is 5.56 Å². The summed E-state index contributed by atoms with van der Waals surface area (Å²) in [4.78, 5) is 13.1. The van der Waals surface area contributed by atoms with E-state index < -0.39 is 0 Å². The lowest BCUT2D eigenvalue weighted by molar-refractivity contribution is 0.411. The van der Waals surface area contributed by atoms with Crippen molar-refractivity contribution in [2.24, 2.45) is 0 Å². The lowest BCUT2D eigenvalue weighted by Crippen LogP contribution is -2.11. The summed E-state index contributed by atoms with van der Waals surface area (Å²) in [5, 5.41) is 2.21. The fourth-order valence-electron chi connectivity index (χ4n) is 4.12. The van der Waals surface area contributed by atoms with Gasteiger partial charge in [0.05, 0.1) is 23.8 Å². The van der Waals surface area contributed by atoms with E-state index in [1.54, 1.807) is 7.11 Å². The number of nitrogens with one attached hydrogen (secondary N) is 1. The second-order valence-electron chi connectivity index (χ2n) is 10.5. The van der Waals surface area contributed by atoms with E-state index in [9.17, 15) is 0 Å². The Hall–Kier alpha value is -3.34. The molecule has 2 aromatic carbocycles. The molecular weight excluding hydrogens is 398 g/mol. The van der Waals surface area contributed by atoms with Crippen molar-refractivity contribution in [1.29, 1.82) is 0 Å². The Bertz CT molecular complexity index is 1480. The Morgan fingerprint density at radius 2 is 1.69 bits per heavy atom. The number of oxazole rings is 1. The number of rotatable bonds is 2. The number of pyridine rings is 1. The van der Waals surface area contributed by atoms with Crippen LogP contribution in [0.3, 0.4) is 0 Å². The molecule has 0 unspecified atom stereocenters. The number of aromatic amines is 1. The Labute approximate surface area is 187 Å². The van der Waals surface area contributed by atoms with Crippen LogP contribution in [0.1, 0.15) is 53.0 Å². The summed E-state index contributed by atoms with van der Waals surface area (Å²) >= 11 is 0. The largest absolute Gasteiger partial charge is 0.497 e. The van der Waals surface area contributed by atoms with E-state index in [1.807, 2.05) is 18.3 Å². The molecule has 0 atom stereocenters. The Morgan fingerprint density at radius 3 is 2.38 bits per heavy atom. The molecule has 0 amide bonds. The first-order chi connectivity index (χ1) is 15.0. The Morgan fingerprint density at radius 1 is 0.906 bits per heavy atom. The molecule has 0 radical (unpaired) electrons. The summed E-state index contributed by atoms with van der Waals surface area (Å²) in [6, 6.07) is 12.5. The van der Waals surface area contributed by atoms with Gasteiger partial charge in [0.15, 0.2) is 5.58 Å². The van der Waals surface area contributed by atoms with Crippen LogP contribution in [-0.2, 0) is 10.8 Å². The Kier molecular flexibility index (Phi) is 4.39. The maximum Gasteiger partial charge on any atom is 0.200 e. The minimum absolute atomic E-state index is 0.0338. The molecule has 0 fully saturated rings. The minimum Gasteiger partial charge on any atom is -0.497 e. The van der Waals surface area contributed by atoms with Crippen molar-refractivity contribution in [3.05, 3.63) is 54.0 Å². The number of methoxy groups -OCH3 is 1. The maximum atomic E-state index is 6.08. The molecule has 0 saturated carbocycles. The topological polar surface area (TPSA) is 63.9 Å². The van der Waals surface area contributed by atoms with Crippen molar-refractivity contribution in [2.75, 3.05) is 7.11 Å². The summed E-state index contributed by atoms with van der Waals surface area (Å²) in [5.41, 5.74) is 6.75. The van der Waals surface area contributed by atoms with Crippen LogP contribution in [0, 0.1) is 0 Å². The van der Waals surface area contributed by atoms with Gasteiger partial charge in [-0.15, -0.1) is 0 Å². The minimum atomic E-state index is -0.148. The predicted molar refractivity (Wildman–Crippen MR) is 131 cm³/mol. The van der Waals surface area contributed by atoms with E-state index in [4.69, 9.17) is 19.1 Å². The third-order valence-electron chi connectivity index (χ3n) is 5.96. The molecule has 0 aliphatic heterocycles. The molecule has 0 aliphatic rings. The number of aromatic nitrogens is 3. The lowest BCUT2D eigenvalue weighted by atomic mass is 9.86. The predicted octanol–water partition coefficient (Wildman–Crippen LogP) is 7.13. The summed E-state index contributed by atoms with van der Waals surface area (Å²) < 4.78 is 11.7. The third-order valence-corrected chi connectivity index (χ3v) is 5.96. The van der Waals surface area contributed by atoms with E-state index in [0.717, 1.165) is 55.8 Å². The van der Waals surface area contributed by atoms with Gasteiger partial charge in [0.2, 0.25) is 5.89 Å². The smallest absolute Gasteiger partial charge is 0.200 e. The van der Waals surface area contributed by atoms with Gasteiger partial charge in [0.25, 0.3) is 0 Å². The monoisotopic (exact) mass is 427 g/mol. The van der Waals surface area contributed by atoms with Gasteiger partial charge in [-0.25, -0.2) is 4.98 Å². The molecule has 0 saturated heterocycles. The van der Waals surface area contributed by atoms with Gasteiger partial charge in [-0.1, -0.05) is 41.5 Å². The van der Waals surface area contributed by atoms with Crippen molar-refractivity contribution in [3.8, 4) is 17.0 Å². The number of nitrogens with zero attached hydrogens (tertiary/aromatic N) is 2. The van der Waals surface area contributed by atoms with E-state index in [2.05, 4.69) is 70.8 Å². The highest BCUT2D eigenvalue weighted by Gasteiger charge is 2.23. The van der Waals surface area contributed by atoms with Crippen LogP contribution in [0.15, 0.2) is 47.0 Å². The molecule has 5 nitrogen and oxygen atoms in total. The molecule has 5 aromatic rings. The van der Waals surface area contributed by atoms with Gasteiger partial charge < -0.3 is 14.1 Å². The number of H-pyrrole nitrogens is 1. The highest BCUT2D eigenvalue weighted by atomic mass is 16.5. The van der Waals surface area contributed by atoms with Crippen molar-refractivity contribution in [1.82, 2.24) is 15.0 Å². The quantitative estimate of drug-likeness (QED) is 0.325. The van der Waals surface area contributed by atoms with E-state index in [-0.39, 0.29) is 10.8 Å². The van der Waals surface area contributed by atoms with E-state index in [0.29, 0.717) is 0 Å². The molecule has 164 valence electrons. The number of hydrogen-bond donors (Lipinski definition) is 1. The standard InChI is InChI=1S/C27H29N3O2/c1-26(2,3)15-8-9-28-19(10-15)17-11-16(31-7)12-22-24(17)18-13-21-23(14-20(18)29-22)32-25(30-21)27(4,5)6/h8-14,29H,1-7H3. The average Bonchev–Trinajstić information content (AvgIpc) is 3.31. The van der Waals surface area contributed by atoms with Crippen molar-refractivity contribution < 1.29 is 9.15 Å². The molecular formula is C27H29N3O2. The van der Waals surface area contributed by atoms with Crippen LogP contribution >= 0.6 is 0 Å². The zero-order valence-corrected chi connectivity index (χ0v) is 19.8. The maximum absolute atomic E-state index is 6.08. The fourth-order valence-corrected chi connectivity index (χ4v) is 4.12. The lowest BCUT2D eigenvalue weighted by Gasteiger charge is -2.19. The highest BCUT2D eigenvalue weighted by molar-refractivity contribution is 6.16. The molecule has 3 aromatic heterocycles. The van der Waals surface area contributed by atoms with Gasteiger partial charge in [0, 0.05) is 40.1 Å². The van der Waals surface area contributed by atoms with Crippen LogP contribution < -0.4 is 4.74 Å². The second-order valence-corrected chi connectivity index (χ2v) is 10.5. The first-order valence-corrected chi connectivity index (χ1v) is 11.0. The Balaban J connectivity index is 1.82. The fraction of sp³-hybridized carbons (Fsp3) is 0.333. The van der Waals surface area contributed by atoms with Gasteiger partial charge in [-0.3, -0.25) is 4.98 Å². The number of ether oxygens (including phenoxy) is 1. The van der Waals surface area contributed by atoms with Crippen LogP contribution in [0.5, 0.6) is 5.75 Å². The molecule has 0 bridgehead atoms. The number of hydrogen-bond acceptors (Lipinski definition) is 4. The highest BCUT2D eigenvalue weighted by Crippen LogP contribution is 2.40. The summed E-state index contributed by atoms with van der Waals surface area (Å²) in [6.45, 7) is 13.0. The molecule has 0 aliphatic carbocycles. The van der Waals surface area contributed by atoms with Crippen LogP contribution in [0.25, 0.3) is 44.2 Å². The second kappa shape index (κ2) is 6.83. The molecule has 32 heavy (non-hydrogen) atoms. The van der Waals surface area contributed by atoms with E-state index >= 15 is 0 Å². The van der Waals surface area contributed by atoms with Crippen LogP contribution in [0.4, 0.5) is 0 Å². The van der Waals surface area contributed by atoms with Crippen molar-refractivity contribution in [3.63, 3.8) is 0 Å². The number of fused-ring (bicyclic) bond motifs is 4. The van der Waals surface area contributed by atoms with Gasteiger partial charge in [-0.05, 0) is 35.2 Å². The van der Waals surface area contributed by atoms with Gasteiger partial charge >= 0.3 is 0 Å². The van der Waals surface area contributed by atoms with Crippen molar-refractivity contribution in [2.45, 2.75) is 52.4 Å². The summed E-state index contributed by atoms with van der Waals surface area (Å²) in [7, 11) is 1.69. The van der Waals surface area contributed by atoms with Crippen LogP contribution in [-0.4, -0.2) is 22.1 Å². The van der Waals surface area contributed by atoms with Crippen LogP contribution in [0.2, 0.25) is 0 Å². The van der Waals surface area contributed by atoms with Crippen molar-refractivity contribution >= 4 is 32.9 Å². The molecule has 5 rings (SSSR count). The first-order valence-electron chi connectivity index (χ1n) is 11.0. The molecule has 0 spiro atoms. The normalized spacial score (nSPS) is 12.8. The molecule has 1 N–H and O–H groups in total. The summed E-state index contributed by atoms with van der Waals surface area (Å²) in [6.07, 6.45) is 1.89. The summed E-state index contributed by atoms with van der Waals surface area (Å²) in [5.74, 6) is 1.53. The number of benzene rings is 2. The third kappa shape index (κ3) is 3.32. The zero-order valence-electron chi connectivity index (χ0n) is 19.8. The molecule has 3 heterocycles. The van der Waals surface area contributed by atoms with Gasteiger partial charge in [0.1, 0.15) is 11.3 Å². The average molecular weight is 428 g/mol. The first kappa shape index (κ1) is 20.6. The SMILES string of the molecule is COc1cc(-c2cc(C(C)(C)C)ccn2)c2c(c1)[nH]c1cc3oc(C(C)(C)C)nc3cc12.